The molecule has 0 saturated heterocycles. The summed E-state index contributed by atoms with van der Waals surface area (Å²) in [5.74, 6) is -0.729. The number of aromatic nitrogens is 2. The number of nitrogens with zero attached hydrogens (tertiary/aromatic N) is 3. The third kappa shape index (κ3) is 5.79. The normalized spacial score (nSPS) is 12.5. The second-order valence-corrected chi connectivity index (χ2v) is 8.22. The van der Waals surface area contributed by atoms with Crippen molar-refractivity contribution in [1.29, 1.82) is 0 Å². The molecule has 3 aromatic rings. The van der Waals surface area contributed by atoms with E-state index in [0.29, 0.717) is 17.1 Å². The molecule has 0 aliphatic rings. The first-order valence-electron chi connectivity index (χ1n) is 9.58. The monoisotopic (exact) mass is 496 g/mol. The van der Waals surface area contributed by atoms with Crippen LogP contribution in [-0.2, 0) is 6.42 Å². The largest absolute Gasteiger partial charge is 0.434 e. The van der Waals surface area contributed by atoms with Crippen molar-refractivity contribution < 1.29 is 14.3 Å². The van der Waals surface area contributed by atoms with Gasteiger partial charge in [-0.15, -0.1) is 16.7 Å². The van der Waals surface area contributed by atoms with Crippen LogP contribution in [-0.4, -0.2) is 33.2 Å². The first kappa shape index (κ1) is 24.0. The number of oxime groups is 1. The lowest BCUT2D eigenvalue weighted by atomic mass is 10.0. The van der Waals surface area contributed by atoms with Gasteiger partial charge in [-0.25, -0.2) is 4.39 Å². The molecule has 0 aliphatic heterocycles. The Hall–Kier alpha value is -2.61. The second-order valence-electron chi connectivity index (χ2n) is 7.10. The maximum atomic E-state index is 14.3. The first-order chi connectivity index (χ1) is 15.3. The minimum Gasteiger partial charge on any atom is -0.434 e. The van der Waals surface area contributed by atoms with Gasteiger partial charge < -0.3 is 15.3 Å². The van der Waals surface area contributed by atoms with Gasteiger partial charge in [0.05, 0.1) is 16.3 Å². The number of hydrogen-bond acceptors (Lipinski definition) is 5. The zero-order valence-corrected chi connectivity index (χ0v) is 19.5. The van der Waals surface area contributed by atoms with Crippen molar-refractivity contribution in [2.75, 3.05) is 5.88 Å². The number of hydrogen-bond donors (Lipinski definition) is 2. The minimum absolute atomic E-state index is 0.0364. The maximum Gasteiger partial charge on any atom is 0.250 e. The lowest BCUT2D eigenvalue weighted by Gasteiger charge is -2.20. The molecule has 0 fully saturated rings. The number of alkyl halides is 1. The van der Waals surface area contributed by atoms with Crippen LogP contribution < -0.4 is 10.1 Å². The van der Waals surface area contributed by atoms with Crippen LogP contribution in [0.4, 0.5) is 4.39 Å². The third-order valence-corrected chi connectivity index (χ3v) is 5.58. The van der Waals surface area contributed by atoms with E-state index in [1.165, 1.54) is 18.2 Å². The Morgan fingerprint density at radius 2 is 1.94 bits per heavy atom. The van der Waals surface area contributed by atoms with E-state index in [2.05, 4.69) is 20.7 Å². The van der Waals surface area contributed by atoms with E-state index < -0.39 is 5.82 Å². The topological polar surface area (TPSA) is 79.6 Å². The van der Waals surface area contributed by atoms with E-state index in [-0.39, 0.29) is 40.0 Å². The summed E-state index contributed by atoms with van der Waals surface area (Å²) >= 11 is 18.3. The predicted octanol–water partition coefficient (Wildman–Crippen LogP) is 5.91. The van der Waals surface area contributed by atoms with Crippen LogP contribution >= 0.6 is 34.8 Å². The summed E-state index contributed by atoms with van der Waals surface area (Å²) in [5.41, 5.74) is 2.73. The molecule has 168 valence electrons. The van der Waals surface area contributed by atoms with E-state index in [9.17, 15) is 9.60 Å². The fourth-order valence-corrected chi connectivity index (χ4v) is 3.64. The van der Waals surface area contributed by atoms with Gasteiger partial charge in [0.25, 0.3) is 0 Å². The van der Waals surface area contributed by atoms with Crippen molar-refractivity contribution >= 4 is 40.6 Å². The van der Waals surface area contributed by atoms with Crippen LogP contribution in [0.3, 0.4) is 0 Å². The molecule has 0 bridgehead atoms. The number of halogens is 4. The molecule has 0 amide bonds. The van der Waals surface area contributed by atoms with Crippen molar-refractivity contribution in [3.05, 3.63) is 80.7 Å². The van der Waals surface area contributed by atoms with E-state index in [4.69, 9.17) is 39.5 Å². The summed E-state index contributed by atoms with van der Waals surface area (Å²) in [6, 6.07) is 11.3. The summed E-state index contributed by atoms with van der Waals surface area (Å²) < 4.78 is 19.9. The standard InChI is InChI=1S/C22H20Cl3FN4O2/c1-12-6-7-14(18(25)8-12)10-15(11-23)27-21(30-31)16-9-13(2)28-29-22(16)32-19-5-3-4-17(24)20(19)26/h3-9,15,31H,10-11H2,1-2H3,(H,27,30)/t15-/m1/s1. The van der Waals surface area contributed by atoms with Gasteiger partial charge in [-0.2, -0.15) is 5.10 Å². The van der Waals surface area contributed by atoms with E-state index in [0.717, 1.165) is 11.1 Å². The van der Waals surface area contributed by atoms with E-state index in [1.807, 2.05) is 25.1 Å². The zero-order chi connectivity index (χ0) is 23.3. The van der Waals surface area contributed by atoms with E-state index in [1.54, 1.807) is 13.0 Å². The first-order valence-corrected chi connectivity index (χ1v) is 10.9. The Labute approximate surface area is 200 Å². The van der Waals surface area contributed by atoms with Crippen molar-refractivity contribution in [2.45, 2.75) is 26.3 Å². The van der Waals surface area contributed by atoms with Gasteiger partial charge in [0.1, 0.15) is 0 Å². The molecule has 0 spiro atoms. The van der Waals surface area contributed by atoms with Gasteiger partial charge in [0, 0.05) is 16.9 Å². The molecule has 1 atom stereocenters. The highest BCUT2D eigenvalue weighted by molar-refractivity contribution is 6.31. The lowest BCUT2D eigenvalue weighted by Crippen LogP contribution is -2.38. The Kier molecular flexibility index (Phi) is 8.12. The summed E-state index contributed by atoms with van der Waals surface area (Å²) in [4.78, 5) is 0. The Morgan fingerprint density at radius 1 is 1.16 bits per heavy atom. The predicted molar refractivity (Wildman–Crippen MR) is 124 cm³/mol. The van der Waals surface area contributed by atoms with Crippen molar-refractivity contribution in [3.8, 4) is 11.6 Å². The summed E-state index contributed by atoms with van der Waals surface area (Å²) in [5, 5.41) is 24.6. The molecule has 0 aliphatic carbocycles. The van der Waals surface area contributed by atoms with Crippen LogP contribution in [0.2, 0.25) is 10.0 Å². The summed E-state index contributed by atoms with van der Waals surface area (Å²) in [7, 11) is 0. The average Bonchev–Trinajstić information content (AvgIpc) is 2.77. The Balaban J connectivity index is 1.89. The van der Waals surface area contributed by atoms with Crippen LogP contribution in [0.15, 0.2) is 47.6 Å². The molecular weight excluding hydrogens is 478 g/mol. The highest BCUT2D eigenvalue weighted by Gasteiger charge is 2.21. The molecule has 0 radical (unpaired) electrons. The Bertz CT molecular complexity index is 1140. The smallest absolute Gasteiger partial charge is 0.250 e. The SMILES string of the molecule is Cc1ccc(C[C@H](CCl)NC(=NO)c2cc(C)nnc2Oc2cccc(Cl)c2F)c(Cl)c1. The number of rotatable bonds is 7. The maximum absolute atomic E-state index is 14.3. The van der Waals surface area contributed by atoms with Crippen molar-refractivity contribution in [1.82, 2.24) is 15.5 Å². The number of amidine groups is 1. The van der Waals surface area contributed by atoms with Crippen LogP contribution in [0.1, 0.15) is 22.4 Å². The van der Waals surface area contributed by atoms with Gasteiger partial charge >= 0.3 is 0 Å². The van der Waals surface area contributed by atoms with Gasteiger partial charge in [0.2, 0.25) is 5.88 Å². The van der Waals surface area contributed by atoms with Gasteiger partial charge in [-0.05, 0) is 55.7 Å². The molecule has 3 rings (SSSR count). The van der Waals surface area contributed by atoms with Gasteiger partial charge in [0.15, 0.2) is 17.4 Å². The quantitative estimate of drug-likeness (QED) is 0.139. The molecule has 2 aromatic carbocycles. The van der Waals surface area contributed by atoms with Crippen molar-refractivity contribution in [2.24, 2.45) is 5.16 Å². The molecule has 32 heavy (non-hydrogen) atoms. The molecule has 2 N–H and O–H groups in total. The molecule has 0 unspecified atom stereocenters. The molecule has 1 heterocycles. The molecule has 1 aromatic heterocycles. The molecule has 6 nitrogen and oxygen atoms in total. The molecule has 10 heteroatoms. The second kappa shape index (κ2) is 10.8. The third-order valence-electron chi connectivity index (χ3n) is 4.56. The minimum atomic E-state index is -0.745. The number of ether oxygens (including phenoxy) is 1. The highest BCUT2D eigenvalue weighted by Crippen LogP contribution is 2.29. The van der Waals surface area contributed by atoms with Gasteiger partial charge in [-0.1, -0.05) is 46.6 Å². The lowest BCUT2D eigenvalue weighted by molar-refractivity contribution is 0.315. The number of benzene rings is 2. The summed E-state index contributed by atoms with van der Waals surface area (Å²) in [6.07, 6.45) is 0.470. The summed E-state index contributed by atoms with van der Waals surface area (Å²) in [6.45, 7) is 3.66. The Morgan fingerprint density at radius 3 is 2.62 bits per heavy atom. The van der Waals surface area contributed by atoms with E-state index >= 15 is 0 Å². The molecular formula is C22H20Cl3FN4O2. The average molecular weight is 498 g/mol. The number of aryl methyl sites for hydroxylation is 2. The number of nitrogens with one attached hydrogen (secondary N) is 1. The van der Waals surface area contributed by atoms with Crippen LogP contribution in [0.25, 0.3) is 0 Å². The fourth-order valence-electron chi connectivity index (χ4n) is 2.97. The van der Waals surface area contributed by atoms with Crippen LogP contribution in [0, 0.1) is 19.7 Å². The fraction of sp³-hybridized carbons (Fsp3) is 0.227. The highest BCUT2D eigenvalue weighted by atomic mass is 35.5. The zero-order valence-electron chi connectivity index (χ0n) is 17.2. The van der Waals surface area contributed by atoms with Gasteiger partial charge in [-0.3, -0.25) is 0 Å². The van der Waals surface area contributed by atoms with Crippen molar-refractivity contribution in [3.63, 3.8) is 0 Å². The molecule has 0 saturated carbocycles. The van der Waals surface area contributed by atoms with Crippen LogP contribution in [0.5, 0.6) is 11.6 Å².